The number of rotatable bonds is 5. The summed E-state index contributed by atoms with van der Waals surface area (Å²) in [4.78, 5) is 21.6. The topological polar surface area (TPSA) is 87.3 Å². The molecule has 0 saturated carbocycles. The number of ether oxygens (including phenoxy) is 2. The Morgan fingerprint density at radius 3 is 2.91 bits per heavy atom. The molecule has 1 fully saturated rings. The lowest BCUT2D eigenvalue weighted by Crippen LogP contribution is -2.26. The van der Waals surface area contributed by atoms with E-state index in [0.29, 0.717) is 11.8 Å². The number of amides is 1. The monoisotopic (exact) mass is 321 g/mol. The Labute approximate surface area is 132 Å². The van der Waals surface area contributed by atoms with Gasteiger partial charge in [-0.25, -0.2) is 9.97 Å². The summed E-state index contributed by atoms with van der Waals surface area (Å²) in [5.41, 5.74) is 6.39. The number of carbonyl (C=O) groups excluding carboxylic acids is 1. The summed E-state index contributed by atoms with van der Waals surface area (Å²) < 4.78 is 10.5. The van der Waals surface area contributed by atoms with E-state index in [1.54, 1.807) is 13.2 Å². The molecular weight excluding hydrogens is 302 g/mol. The Bertz CT molecular complexity index is 667. The molecule has 3 rings (SSSR count). The van der Waals surface area contributed by atoms with Crippen molar-refractivity contribution in [1.82, 2.24) is 9.97 Å². The standard InChI is InChI=1S/C15H19N3O3S/c1-20-12-3-2-11-15(18-12)22-14(17-11)10(13(16)19)8-9-4-6-21-7-5-9/h2-3,9-10H,4-8H2,1H3,(H2,16,19). The van der Waals surface area contributed by atoms with Crippen LogP contribution in [0.3, 0.4) is 0 Å². The number of hydrogen-bond acceptors (Lipinski definition) is 6. The number of primary amides is 1. The number of methoxy groups -OCH3 is 1. The average molecular weight is 321 g/mol. The number of nitrogens with two attached hydrogens (primary N) is 1. The normalized spacial score (nSPS) is 17.5. The molecule has 1 amide bonds. The van der Waals surface area contributed by atoms with Gasteiger partial charge in [-0.3, -0.25) is 4.79 Å². The first kappa shape index (κ1) is 15.2. The maximum absolute atomic E-state index is 11.9. The van der Waals surface area contributed by atoms with Crippen molar-refractivity contribution < 1.29 is 14.3 Å². The molecule has 0 radical (unpaired) electrons. The molecule has 1 saturated heterocycles. The lowest BCUT2D eigenvalue weighted by molar-refractivity contribution is -0.120. The summed E-state index contributed by atoms with van der Waals surface area (Å²) in [6, 6.07) is 3.62. The maximum atomic E-state index is 11.9. The second-order valence-corrected chi connectivity index (χ2v) is 6.49. The molecule has 0 aromatic carbocycles. The Balaban J connectivity index is 1.85. The highest BCUT2D eigenvalue weighted by atomic mass is 32.1. The Morgan fingerprint density at radius 2 is 2.23 bits per heavy atom. The van der Waals surface area contributed by atoms with Gasteiger partial charge in [-0.15, -0.1) is 0 Å². The van der Waals surface area contributed by atoms with Crippen molar-refractivity contribution in [1.29, 1.82) is 0 Å². The quantitative estimate of drug-likeness (QED) is 0.911. The third-order valence-corrected chi connectivity index (χ3v) is 5.09. The fraction of sp³-hybridized carbons (Fsp3) is 0.533. The molecule has 1 unspecified atom stereocenters. The summed E-state index contributed by atoms with van der Waals surface area (Å²) in [6.07, 6.45) is 2.68. The van der Waals surface area contributed by atoms with E-state index in [1.165, 1.54) is 11.3 Å². The maximum Gasteiger partial charge on any atom is 0.227 e. The van der Waals surface area contributed by atoms with Crippen LogP contribution < -0.4 is 10.5 Å². The van der Waals surface area contributed by atoms with Gasteiger partial charge < -0.3 is 15.2 Å². The fourth-order valence-corrected chi connectivity index (χ4v) is 3.78. The minimum Gasteiger partial charge on any atom is -0.481 e. The summed E-state index contributed by atoms with van der Waals surface area (Å²) >= 11 is 1.42. The number of thiazole rings is 1. The highest BCUT2D eigenvalue weighted by molar-refractivity contribution is 7.18. The number of pyridine rings is 1. The summed E-state index contributed by atoms with van der Waals surface area (Å²) in [5.74, 6) is 0.328. The first-order valence-electron chi connectivity index (χ1n) is 7.36. The lowest BCUT2D eigenvalue weighted by atomic mass is 9.89. The first-order chi connectivity index (χ1) is 10.7. The predicted octanol–water partition coefficient (Wildman–Crippen LogP) is 2.09. The summed E-state index contributed by atoms with van der Waals surface area (Å²) in [6.45, 7) is 1.52. The molecule has 2 aromatic rings. The van der Waals surface area contributed by atoms with E-state index in [0.717, 1.165) is 47.8 Å². The zero-order valence-electron chi connectivity index (χ0n) is 12.4. The predicted molar refractivity (Wildman–Crippen MR) is 84.1 cm³/mol. The highest BCUT2D eigenvalue weighted by Gasteiger charge is 2.27. The summed E-state index contributed by atoms with van der Waals surface area (Å²) in [5, 5.41) is 0.745. The van der Waals surface area contributed by atoms with Gasteiger partial charge in [0.25, 0.3) is 0 Å². The van der Waals surface area contributed by atoms with Gasteiger partial charge in [-0.05, 0) is 31.2 Å². The molecule has 0 aliphatic carbocycles. The average Bonchev–Trinajstić information content (AvgIpc) is 2.95. The van der Waals surface area contributed by atoms with E-state index in [-0.39, 0.29) is 11.8 Å². The third kappa shape index (κ3) is 3.20. The van der Waals surface area contributed by atoms with E-state index in [2.05, 4.69) is 9.97 Å². The Hall–Kier alpha value is -1.73. The summed E-state index contributed by atoms with van der Waals surface area (Å²) in [7, 11) is 1.58. The van der Waals surface area contributed by atoms with Crippen molar-refractivity contribution in [2.24, 2.45) is 11.7 Å². The fourth-order valence-electron chi connectivity index (χ4n) is 2.73. The van der Waals surface area contributed by atoms with E-state index < -0.39 is 0 Å². The zero-order valence-corrected chi connectivity index (χ0v) is 13.3. The Kier molecular flexibility index (Phi) is 4.54. The van der Waals surface area contributed by atoms with Crippen molar-refractivity contribution in [3.05, 3.63) is 17.1 Å². The van der Waals surface area contributed by atoms with Crippen LogP contribution in [0.4, 0.5) is 0 Å². The van der Waals surface area contributed by atoms with Gasteiger partial charge in [0.15, 0.2) is 0 Å². The Morgan fingerprint density at radius 1 is 1.45 bits per heavy atom. The van der Waals surface area contributed by atoms with Crippen molar-refractivity contribution in [2.45, 2.75) is 25.2 Å². The van der Waals surface area contributed by atoms with Crippen LogP contribution in [0.15, 0.2) is 12.1 Å². The second kappa shape index (κ2) is 6.58. The van der Waals surface area contributed by atoms with E-state index in [4.69, 9.17) is 15.2 Å². The van der Waals surface area contributed by atoms with Gasteiger partial charge in [0.2, 0.25) is 11.8 Å². The molecule has 1 atom stereocenters. The molecule has 0 bridgehead atoms. The van der Waals surface area contributed by atoms with Crippen LogP contribution >= 0.6 is 11.3 Å². The number of nitrogens with zero attached hydrogens (tertiary/aromatic N) is 2. The van der Waals surface area contributed by atoms with Crippen LogP contribution in [0.5, 0.6) is 5.88 Å². The first-order valence-corrected chi connectivity index (χ1v) is 8.17. The van der Waals surface area contributed by atoms with Crippen LogP contribution in [-0.4, -0.2) is 36.2 Å². The number of fused-ring (bicyclic) bond motifs is 1. The van der Waals surface area contributed by atoms with Gasteiger partial charge in [-0.1, -0.05) is 11.3 Å². The van der Waals surface area contributed by atoms with Crippen LogP contribution in [-0.2, 0) is 9.53 Å². The van der Waals surface area contributed by atoms with Gasteiger partial charge in [0, 0.05) is 19.3 Å². The number of aromatic nitrogens is 2. The van der Waals surface area contributed by atoms with Crippen molar-refractivity contribution in [3.63, 3.8) is 0 Å². The van der Waals surface area contributed by atoms with E-state index in [1.807, 2.05) is 6.07 Å². The minimum atomic E-state index is -0.353. The molecule has 3 heterocycles. The minimum absolute atomic E-state index is 0.322. The van der Waals surface area contributed by atoms with Crippen molar-refractivity contribution in [2.75, 3.05) is 20.3 Å². The van der Waals surface area contributed by atoms with Gasteiger partial charge in [0.1, 0.15) is 15.4 Å². The van der Waals surface area contributed by atoms with Crippen LogP contribution in [0.1, 0.15) is 30.2 Å². The van der Waals surface area contributed by atoms with E-state index >= 15 is 0 Å². The molecule has 2 N–H and O–H groups in total. The van der Waals surface area contributed by atoms with Gasteiger partial charge in [0.05, 0.1) is 13.0 Å². The number of carbonyl (C=O) groups is 1. The van der Waals surface area contributed by atoms with Gasteiger partial charge >= 0.3 is 0 Å². The third-order valence-electron chi connectivity index (χ3n) is 4.01. The second-order valence-electron chi connectivity index (χ2n) is 5.48. The van der Waals surface area contributed by atoms with Crippen molar-refractivity contribution in [3.8, 4) is 5.88 Å². The SMILES string of the molecule is COc1ccc2nc(C(CC3CCOCC3)C(N)=O)sc2n1. The molecule has 1 aliphatic heterocycles. The van der Waals surface area contributed by atoms with Crippen LogP contribution in [0.2, 0.25) is 0 Å². The molecule has 2 aromatic heterocycles. The molecular formula is C15H19N3O3S. The van der Waals surface area contributed by atoms with Gasteiger partial charge in [-0.2, -0.15) is 0 Å². The largest absolute Gasteiger partial charge is 0.481 e. The molecule has 118 valence electrons. The lowest BCUT2D eigenvalue weighted by Gasteiger charge is -2.24. The molecule has 7 heteroatoms. The molecule has 22 heavy (non-hydrogen) atoms. The highest BCUT2D eigenvalue weighted by Crippen LogP contribution is 2.33. The molecule has 0 spiro atoms. The van der Waals surface area contributed by atoms with Crippen LogP contribution in [0, 0.1) is 5.92 Å². The number of hydrogen-bond donors (Lipinski definition) is 1. The van der Waals surface area contributed by atoms with Crippen molar-refractivity contribution >= 4 is 27.6 Å². The zero-order chi connectivity index (χ0) is 15.5. The van der Waals surface area contributed by atoms with E-state index in [9.17, 15) is 4.79 Å². The molecule has 6 nitrogen and oxygen atoms in total. The smallest absolute Gasteiger partial charge is 0.227 e. The molecule has 1 aliphatic rings. The van der Waals surface area contributed by atoms with Crippen LogP contribution in [0.25, 0.3) is 10.3 Å².